The molecule has 3 heteroatoms. The van der Waals surface area contributed by atoms with Gasteiger partial charge in [0, 0.05) is 5.57 Å². The minimum absolute atomic E-state index is 0.537. The summed E-state index contributed by atoms with van der Waals surface area (Å²) in [6.07, 6.45) is 18.7. The minimum atomic E-state index is -0.635. The molecule has 0 rings (SSSR count). The molecule has 0 fully saturated rings. The molecule has 122 valence electrons. The number of rotatable bonds is 13. The Bertz CT molecular complexity index is 306. The maximum absolute atomic E-state index is 11.3. The molecule has 0 amide bonds. The van der Waals surface area contributed by atoms with E-state index >= 15 is 0 Å². The summed E-state index contributed by atoms with van der Waals surface area (Å²) in [5, 5.41) is 8.45. The topological polar surface area (TPSA) is 46.5 Å². The summed E-state index contributed by atoms with van der Waals surface area (Å²) in [5.74, 6) is -0.635. The lowest BCUT2D eigenvalue weighted by Crippen LogP contribution is -2.05. The Labute approximate surface area is 130 Å². The second-order valence-corrected chi connectivity index (χ2v) is 5.53. The molecule has 0 radical (unpaired) electrons. The molecule has 3 nitrogen and oxygen atoms in total. The van der Waals surface area contributed by atoms with E-state index < -0.39 is 5.97 Å². The summed E-state index contributed by atoms with van der Waals surface area (Å²) in [4.78, 5) is 15.1. The van der Waals surface area contributed by atoms with E-state index in [9.17, 15) is 4.79 Å². The standard InChI is InChI=1S/C18H32O3/c1-3-5-7-8-9-10-11-12-13-14-16-17(15-6-4-2)18(19)21-20/h4,6,15,20H,3,5,7-14,16H2,1-2H3/b6-4+,17-15+. The highest BCUT2D eigenvalue weighted by molar-refractivity contribution is 5.88. The van der Waals surface area contributed by atoms with Crippen LogP contribution >= 0.6 is 0 Å². The molecule has 0 spiro atoms. The van der Waals surface area contributed by atoms with Gasteiger partial charge in [0.05, 0.1) is 0 Å². The van der Waals surface area contributed by atoms with Gasteiger partial charge in [-0.3, -0.25) is 4.89 Å². The first-order valence-corrected chi connectivity index (χ1v) is 8.43. The molecule has 0 heterocycles. The first-order valence-electron chi connectivity index (χ1n) is 8.43. The van der Waals surface area contributed by atoms with E-state index in [1.165, 1.54) is 51.4 Å². The van der Waals surface area contributed by atoms with Crippen molar-refractivity contribution in [3.05, 3.63) is 23.8 Å². The molecule has 0 aromatic rings. The SMILES string of the molecule is C/C=C/C=C(\CCCCCCCCCCCC)C(=O)OO. The minimum Gasteiger partial charge on any atom is -0.296 e. The average Bonchev–Trinajstić information content (AvgIpc) is 2.51. The zero-order valence-electron chi connectivity index (χ0n) is 13.8. The highest BCUT2D eigenvalue weighted by Crippen LogP contribution is 2.14. The summed E-state index contributed by atoms with van der Waals surface area (Å²) in [6, 6.07) is 0. The zero-order chi connectivity index (χ0) is 15.8. The average molecular weight is 296 g/mol. The van der Waals surface area contributed by atoms with Gasteiger partial charge >= 0.3 is 5.97 Å². The Morgan fingerprint density at radius 1 is 0.952 bits per heavy atom. The van der Waals surface area contributed by atoms with E-state index in [2.05, 4.69) is 11.8 Å². The third-order valence-electron chi connectivity index (χ3n) is 3.63. The molecule has 0 aromatic carbocycles. The highest BCUT2D eigenvalue weighted by Gasteiger charge is 2.09. The smallest absolute Gasteiger partial charge is 0.296 e. The predicted octanol–water partition coefficient (Wildman–Crippen LogP) is 5.82. The molecular formula is C18H32O3. The molecule has 0 saturated carbocycles. The van der Waals surface area contributed by atoms with Crippen LogP contribution in [-0.2, 0) is 9.68 Å². The lowest BCUT2D eigenvalue weighted by atomic mass is 10.0. The van der Waals surface area contributed by atoms with Gasteiger partial charge in [-0.15, -0.1) is 0 Å². The lowest BCUT2D eigenvalue weighted by Gasteiger charge is -2.04. The molecule has 0 atom stereocenters. The molecule has 0 aliphatic carbocycles. The summed E-state index contributed by atoms with van der Waals surface area (Å²) in [7, 11) is 0. The van der Waals surface area contributed by atoms with Crippen LogP contribution in [0.25, 0.3) is 0 Å². The Morgan fingerprint density at radius 2 is 1.48 bits per heavy atom. The van der Waals surface area contributed by atoms with Crippen LogP contribution in [0, 0.1) is 0 Å². The Morgan fingerprint density at radius 3 is 1.95 bits per heavy atom. The zero-order valence-corrected chi connectivity index (χ0v) is 13.8. The van der Waals surface area contributed by atoms with E-state index in [0.29, 0.717) is 12.0 Å². The van der Waals surface area contributed by atoms with Crippen molar-refractivity contribution in [2.24, 2.45) is 0 Å². The van der Waals surface area contributed by atoms with Gasteiger partial charge in [0.2, 0.25) is 0 Å². The summed E-state index contributed by atoms with van der Waals surface area (Å²) < 4.78 is 0. The first kappa shape index (κ1) is 19.9. The number of carbonyl (C=O) groups excluding carboxylic acids is 1. The van der Waals surface area contributed by atoms with Gasteiger partial charge in [0.15, 0.2) is 0 Å². The summed E-state index contributed by atoms with van der Waals surface area (Å²) in [6.45, 7) is 4.13. The quantitative estimate of drug-likeness (QED) is 0.153. The van der Waals surface area contributed by atoms with Crippen molar-refractivity contribution in [3.63, 3.8) is 0 Å². The van der Waals surface area contributed by atoms with E-state index in [0.717, 1.165) is 12.8 Å². The van der Waals surface area contributed by atoms with Gasteiger partial charge in [-0.2, -0.15) is 5.26 Å². The van der Waals surface area contributed by atoms with Crippen LogP contribution in [-0.4, -0.2) is 11.2 Å². The van der Waals surface area contributed by atoms with Crippen molar-refractivity contribution >= 4 is 5.97 Å². The van der Waals surface area contributed by atoms with Gasteiger partial charge in [-0.25, -0.2) is 4.79 Å². The number of hydrogen-bond acceptors (Lipinski definition) is 3. The van der Waals surface area contributed by atoms with Crippen LogP contribution in [0.1, 0.15) is 84.5 Å². The number of carbonyl (C=O) groups is 1. The van der Waals surface area contributed by atoms with E-state index in [1.807, 2.05) is 13.0 Å². The van der Waals surface area contributed by atoms with Crippen LogP contribution in [0.15, 0.2) is 23.8 Å². The van der Waals surface area contributed by atoms with Crippen molar-refractivity contribution in [1.29, 1.82) is 0 Å². The van der Waals surface area contributed by atoms with Crippen molar-refractivity contribution in [2.75, 3.05) is 0 Å². The molecule has 0 saturated heterocycles. The normalized spacial score (nSPS) is 12.0. The molecule has 0 aromatic heterocycles. The van der Waals surface area contributed by atoms with E-state index in [4.69, 9.17) is 5.26 Å². The number of allylic oxidation sites excluding steroid dienone is 3. The molecule has 0 unspecified atom stereocenters. The molecule has 1 N–H and O–H groups in total. The molecule has 0 aliphatic rings. The van der Waals surface area contributed by atoms with Crippen molar-refractivity contribution in [1.82, 2.24) is 0 Å². The van der Waals surface area contributed by atoms with E-state index in [1.54, 1.807) is 12.2 Å². The molecule has 0 bridgehead atoms. The number of unbranched alkanes of at least 4 members (excludes halogenated alkanes) is 9. The maximum atomic E-state index is 11.3. The first-order chi connectivity index (χ1) is 10.3. The summed E-state index contributed by atoms with van der Waals surface area (Å²) in [5.41, 5.74) is 0.537. The third-order valence-corrected chi connectivity index (χ3v) is 3.63. The summed E-state index contributed by atoms with van der Waals surface area (Å²) >= 11 is 0. The van der Waals surface area contributed by atoms with Crippen LogP contribution in [0.3, 0.4) is 0 Å². The van der Waals surface area contributed by atoms with Crippen LogP contribution in [0.2, 0.25) is 0 Å². The Kier molecular flexibility index (Phi) is 14.5. The highest BCUT2D eigenvalue weighted by atomic mass is 17.1. The lowest BCUT2D eigenvalue weighted by molar-refractivity contribution is -0.229. The fourth-order valence-electron chi connectivity index (χ4n) is 2.33. The van der Waals surface area contributed by atoms with Gasteiger partial charge in [0.25, 0.3) is 0 Å². The Hall–Kier alpha value is -1.09. The Balaban J connectivity index is 3.61. The largest absolute Gasteiger partial charge is 0.368 e. The van der Waals surface area contributed by atoms with Crippen LogP contribution in [0.4, 0.5) is 0 Å². The van der Waals surface area contributed by atoms with Crippen molar-refractivity contribution < 1.29 is 14.9 Å². The predicted molar refractivity (Wildman–Crippen MR) is 88.1 cm³/mol. The number of hydrogen-bond donors (Lipinski definition) is 1. The van der Waals surface area contributed by atoms with Gasteiger partial charge in [-0.1, -0.05) is 82.9 Å². The second kappa shape index (κ2) is 15.3. The fraction of sp³-hybridized carbons (Fsp3) is 0.722. The fourth-order valence-corrected chi connectivity index (χ4v) is 2.33. The van der Waals surface area contributed by atoms with Crippen LogP contribution < -0.4 is 0 Å². The maximum Gasteiger partial charge on any atom is 0.368 e. The molecule has 0 aliphatic heterocycles. The van der Waals surface area contributed by atoms with Gasteiger partial charge < -0.3 is 0 Å². The molecule has 21 heavy (non-hydrogen) atoms. The van der Waals surface area contributed by atoms with Crippen molar-refractivity contribution in [3.8, 4) is 0 Å². The third kappa shape index (κ3) is 12.4. The van der Waals surface area contributed by atoms with Gasteiger partial charge in [-0.05, 0) is 19.8 Å². The monoisotopic (exact) mass is 296 g/mol. The van der Waals surface area contributed by atoms with Crippen LogP contribution in [0.5, 0.6) is 0 Å². The van der Waals surface area contributed by atoms with Gasteiger partial charge in [0.1, 0.15) is 0 Å². The van der Waals surface area contributed by atoms with E-state index in [-0.39, 0.29) is 0 Å². The second-order valence-electron chi connectivity index (χ2n) is 5.53. The van der Waals surface area contributed by atoms with Crippen molar-refractivity contribution in [2.45, 2.75) is 84.5 Å². The molecular weight excluding hydrogens is 264 g/mol.